The zero-order valence-corrected chi connectivity index (χ0v) is 11.4. The van der Waals surface area contributed by atoms with E-state index < -0.39 is 5.60 Å². The van der Waals surface area contributed by atoms with Gasteiger partial charge in [0.25, 0.3) is 0 Å². The van der Waals surface area contributed by atoms with E-state index in [-0.39, 0.29) is 5.91 Å². The van der Waals surface area contributed by atoms with Crippen LogP contribution in [0.15, 0.2) is 12.7 Å². The van der Waals surface area contributed by atoms with Crippen molar-refractivity contribution in [3.63, 3.8) is 0 Å². The Hall–Kier alpha value is -1.43. The maximum atomic E-state index is 11.7. The molecular weight excluding hydrogens is 244 g/mol. The molecule has 0 unspecified atom stereocenters. The third-order valence-corrected chi connectivity index (χ3v) is 3.85. The van der Waals surface area contributed by atoms with E-state index in [1.165, 1.54) is 6.33 Å². The molecule has 1 fully saturated rings. The summed E-state index contributed by atoms with van der Waals surface area (Å²) in [6, 6.07) is 0. The van der Waals surface area contributed by atoms with Crippen LogP contribution in [0.25, 0.3) is 0 Å². The van der Waals surface area contributed by atoms with E-state index in [1.807, 2.05) is 0 Å². The van der Waals surface area contributed by atoms with Gasteiger partial charge >= 0.3 is 0 Å². The van der Waals surface area contributed by atoms with E-state index in [1.54, 1.807) is 11.0 Å². The fraction of sp³-hybridized carbons (Fsp3) is 0.769. The normalized spacial score (nSPS) is 27.2. The lowest BCUT2D eigenvalue weighted by molar-refractivity contribution is -0.123. The highest BCUT2D eigenvalue weighted by atomic mass is 16.3. The van der Waals surface area contributed by atoms with Crippen molar-refractivity contribution < 1.29 is 9.90 Å². The molecule has 1 aliphatic rings. The highest BCUT2D eigenvalue weighted by molar-refractivity contribution is 5.75. The average molecular weight is 266 g/mol. The summed E-state index contributed by atoms with van der Waals surface area (Å²) in [5.74, 6) is 0.630. The molecule has 1 saturated carbocycles. The van der Waals surface area contributed by atoms with Crippen molar-refractivity contribution in [1.29, 1.82) is 0 Å². The van der Waals surface area contributed by atoms with E-state index in [0.29, 0.717) is 25.4 Å². The molecule has 1 amide bonds. The quantitative estimate of drug-likeness (QED) is 0.823. The van der Waals surface area contributed by atoms with Crippen LogP contribution >= 0.6 is 0 Å². The van der Waals surface area contributed by atoms with Gasteiger partial charge in [-0.2, -0.15) is 5.10 Å². The van der Waals surface area contributed by atoms with Crippen molar-refractivity contribution in [2.75, 3.05) is 6.54 Å². The molecule has 6 nitrogen and oxygen atoms in total. The Morgan fingerprint density at radius 3 is 2.89 bits per heavy atom. The largest absolute Gasteiger partial charge is 0.388 e. The summed E-state index contributed by atoms with van der Waals surface area (Å²) in [7, 11) is 0. The second-order valence-electron chi connectivity index (χ2n) is 5.59. The summed E-state index contributed by atoms with van der Waals surface area (Å²) in [6.07, 6.45) is 7.01. The van der Waals surface area contributed by atoms with Crippen LogP contribution < -0.4 is 5.32 Å². The van der Waals surface area contributed by atoms with Gasteiger partial charge in [-0.1, -0.05) is 6.92 Å². The molecule has 0 saturated heterocycles. The van der Waals surface area contributed by atoms with Crippen molar-refractivity contribution in [3.8, 4) is 0 Å². The number of nitrogens with one attached hydrogen (secondary N) is 1. The predicted octanol–water partition coefficient (Wildman–Crippen LogP) is 0.726. The first-order valence-corrected chi connectivity index (χ1v) is 6.89. The Balaban J connectivity index is 1.68. The topological polar surface area (TPSA) is 80.0 Å². The summed E-state index contributed by atoms with van der Waals surface area (Å²) in [5.41, 5.74) is -0.713. The lowest BCUT2D eigenvalue weighted by Gasteiger charge is -2.34. The molecule has 1 aromatic heterocycles. The summed E-state index contributed by atoms with van der Waals surface area (Å²) in [5, 5.41) is 17.1. The van der Waals surface area contributed by atoms with Crippen molar-refractivity contribution in [2.24, 2.45) is 5.92 Å². The van der Waals surface area contributed by atoms with E-state index in [9.17, 15) is 9.90 Å². The molecule has 2 N–H and O–H groups in total. The summed E-state index contributed by atoms with van der Waals surface area (Å²) in [4.78, 5) is 15.5. The monoisotopic (exact) mass is 266 g/mol. The SMILES string of the molecule is CC1CCC(O)(CNC(=O)CCn2cncn2)CC1. The van der Waals surface area contributed by atoms with Gasteiger partial charge in [-0.05, 0) is 31.6 Å². The maximum absolute atomic E-state index is 11.7. The molecule has 0 bridgehead atoms. The number of carbonyl (C=O) groups excluding carboxylic acids is 1. The Bertz CT molecular complexity index is 397. The molecule has 1 heterocycles. The number of nitrogens with zero attached hydrogens (tertiary/aromatic N) is 3. The van der Waals surface area contributed by atoms with Gasteiger partial charge in [0.15, 0.2) is 0 Å². The van der Waals surface area contributed by atoms with Crippen LogP contribution in [0, 0.1) is 5.92 Å². The van der Waals surface area contributed by atoms with Gasteiger partial charge in [-0.25, -0.2) is 4.98 Å². The average Bonchev–Trinajstić information content (AvgIpc) is 2.91. The van der Waals surface area contributed by atoms with Crippen LogP contribution in [0.2, 0.25) is 0 Å². The number of aromatic nitrogens is 3. The molecule has 2 rings (SSSR count). The molecule has 106 valence electrons. The highest BCUT2D eigenvalue weighted by Crippen LogP contribution is 2.31. The first-order valence-electron chi connectivity index (χ1n) is 6.89. The number of hydrogen-bond acceptors (Lipinski definition) is 4. The number of carbonyl (C=O) groups is 1. The standard InChI is InChI=1S/C13H22N4O2/c1-11-2-5-13(19,6-3-11)8-15-12(18)4-7-17-10-14-9-16-17/h9-11,19H,2-8H2,1H3,(H,15,18). The van der Waals surface area contributed by atoms with Gasteiger partial charge in [0, 0.05) is 13.0 Å². The third kappa shape index (κ3) is 4.31. The van der Waals surface area contributed by atoms with Gasteiger partial charge in [-0.15, -0.1) is 0 Å². The summed E-state index contributed by atoms with van der Waals surface area (Å²) >= 11 is 0. The number of amides is 1. The smallest absolute Gasteiger partial charge is 0.221 e. The Kier molecular flexibility index (Phi) is 4.52. The van der Waals surface area contributed by atoms with Gasteiger partial charge in [0.05, 0.1) is 12.1 Å². The van der Waals surface area contributed by atoms with Gasteiger partial charge in [-0.3, -0.25) is 9.48 Å². The number of aryl methyl sites for hydroxylation is 1. The third-order valence-electron chi connectivity index (χ3n) is 3.85. The molecule has 1 aliphatic carbocycles. The zero-order valence-electron chi connectivity index (χ0n) is 11.4. The van der Waals surface area contributed by atoms with Crippen LogP contribution in [0.5, 0.6) is 0 Å². The molecule has 0 atom stereocenters. The molecule has 0 spiro atoms. The minimum Gasteiger partial charge on any atom is -0.388 e. The highest BCUT2D eigenvalue weighted by Gasteiger charge is 2.31. The van der Waals surface area contributed by atoms with E-state index in [4.69, 9.17) is 0 Å². The van der Waals surface area contributed by atoms with Gasteiger partial charge in [0.2, 0.25) is 5.91 Å². The van der Waals surface area contributed by atoms with Crippen LogP contribution in [0.4, 0.5) is 0 Å². The van der Waals surface area contributed by atoms with Crippen LogP contribution in [-0.2, 0) is 11.3 Å². The Labute approximate surface area is 113 Å². The number of hydrogen-bond donors (Lipinski definition) is 2. The lowest BCUT2D eigenvalue weighted by Crippen LogP contribution is -2.45. The Morgan fingerprint density at radius 2 is 2.26 bits per heavy atom. The summed E-state index contributed by atoms with van der Waals surface area (Å²) in [6.45, 7) is 3.08. The van der Waals surface area contributed by atoms with Gasteiger partial charge < -0.3 is 10.4 Å². The second-order valence-corrected chi connectivity index (χ2v) is 5.59. The maximum Gasteiger partial charge on any atom is 0.221 e. The van der Waals surface area contributed by atoms with Crippen molar-refractivity contribution >= 4 is 5.91 Å². The van der Waals surface area contributed by atoms with Gasteiger partial charge in [0.1, 0.15) is 12.7 Å². The minimum atomic E-state index is -0.713. The van der Waals surface area contributed by atoms with Crippen LogP contribution in [0.1, 0.15) is 39.0 Å². The minimum absolute atomic E-state index is 0.0532. The molecule has 0 aliphatic heterocycles. The lowest BCUT2D eigenvalue weighted by atomic mass is 9.79. The predicted molar refractivity (Wildman–Crippen MR) is 70.2 cm³/mol. The van der Waals surface area contributed by atoms with Crippen molar-refractivity contribution in [3.05, 3.63) is 12.7 Å². The molecule has 19 heavy (non-hydrogen) atoms. The van der Waals surface area contributed by atoms with E-state index in [0.717, 1.165) is 25.7 Å². The molecule has 6 heteroatoms. The fourth-order valence-corrected chi connectivity index (χ4v) is 2.39. The van der Waals surface area contributed by atoms with Crippen LogP contribution in [-0.4, -0.2) is 37.9 Å². The van der Waals surface area contributed by atoms with E-state index >= 15 is 0 Å². The number of aliphatic hydroxyl groups is 1. The number of rotatable bonds is 5. The molecule has 0 aromatic carbocycles. The molecular formula is C13H22N4O2. The Morgan fingerprint density at radius 1 is 1.53 bits per heavy atom. The van der Waals surface area contributed by atoms with Crippen molar-refractivity contribution in [1.82, 2.24) is 20.1 Å². The molecule has 0 radical (unpaired) electrons. The first-order chi connectivity index (χ1) is 9.07. The van der Waals surface area contributed by atoms with Crippen LogP contribution in [0.3, 0.4) is 0 Å². The van der Waals surface area contributed by atoms with E-state index in [2.05, 4.69) is 22.3 Å². The van der Waals surface area contributed by atoms with Crippen molar-refractivity contribution in [2.45, 2.75) is 51.2 Å². The fourth-order valence-electron chi connectivity index (χ4n) is 2.39. The molecule has 1 aromatic rings. The first kappa shape index (κ1) is 14.0. The summed E-state index contributed by atoms with van der Waals surface area (Å²) < 4.78 is 1.62. The second kappa shape index (κ2) is 6.14. The zero-order chi connectivity index (χ0) is 13.7.